The molecule has 5 nitrogen and oxygen atoms in total. The molecule has 0 bridgehead atoms. The van der Waals surface area contributed by atoms with E-state index < -0.39 is 6.10 Å². The van der Waals surface area contributed by atoms with E-state index in [1.807, 2.05) is 18.2 Å². The van der Waals surface area contributed by atoms with Crippen molar-refractivity contribution in [2.45, 2.75) is 76.4 Å². The molecule has 152 valence electrons. The zero-order valence-electron chi connectivity index (χ0n) is 16.4. The second kappa shape index (κ2) is 12.0. The van der Waals surface area contributed by atoms with Crippen molar-refractivity contribution in [3.8, 4) is 0 Å². The van der Waals surface area contributed by atoms with Gasteiger partial charge in [-0.1, -0.05) is 31.4 Å². The Labute approximate surface area is 162 Å². The van der Waals surface area contributed by atoms with Crippen LogP contribution < -0.4 is 0 Å². The first-order valence-electron chi connectivity index (χ1n) is 10.2. The summed E-state index contributed by atoms with van der Waals surface area (Å²) in [6, 6.07) is 3.78. The molecule has 2 rings (SSSR count). The van der Waals surface area contributed by atoms with Gasteiger partial charge in [-0.3, -0.25) is 4.79 Å². The minimum Gasteiger partial charge on any atom is -0.469 e. The molecule has 0 aliphatic heterocycles. The fraction of sp³-hybridized carbons (Fsp3) is 0.682. The van der Waals surface area contributed by atoms with E-state index in [4.69, 9.17) is 4.42 Å². The van der Waals surface area contributed by atoms with Gasteiger partial charge in [0.15, 0.2) is 0 Å². The minimum atomic E-state index is -0.480. The second-order valence-corrected chi connectivity index (χ2v) is 7.57. The largest absolute Gasteiger partial charge is 0.469 e. The van der Waals surface area contributed by atoms with Gasteiger partial charge in [-0.25, -0.2) is 0 Å². The maximum Gasteiger partial charge on any atom is 0.305 e. The van der Waals surface area contributed by atoms with Gasteiger partial charge < -0.3 is 19.4 Å². The van der Waals surface area contributed by atoms with E-state index in [9.17, 15) is 15.0 Å². The van der Waals surface area contributed by atoms with Gasteiger partial charge in [-0.15, -0.1) is 0 Å². The molecule has 4 atom stereocenters. The molecule has 5 heteroatoms. The third-order valence-electron chi connectivity index (χ3n) is 5.58. The number of aliphatic hydroxyl groups is 2. The smallest absolute Gasteiger partial charge is 0.305 e. The molecule has 1 aliphatic carbocycles. The monoisotopic (exact) mass is 378 g/mol. The highest BCUT2D eigenvalue weighted by Gasteiger charge is 2.32. The number of esters is 1. The van der Waals surface area contributed by atoms with Crippen LogP contribution in [-0.4, -0.2) is 35.5 Å². The van der Waals surface area contributed by atoms with Gasteiger partial charge in [-0.2, -0.15) is 0 Å². The SMILES string of the molecule is COC(=O)CCCCCC[C@H]1[C@@H](O)CC[C@@H]1/C=C/[C@@H](O)CCc1ccco1. The van der Waals surface area contributed by atoms with E-state index in [1.165, 1.54) is 7.11 Å². The Morgan fingerprint density at radius 1 is 1.33 bits per heavy atom. The average Bonchev–Trinajstić information content (AvgIpc) is 3.31. The van der Waals surface area contributed by atoms with Crippen molar-refractivity contribution in [2.24, 2.45) is 11.8 Å². The highest BCUT2D eigenvalue weighted by Crippen LogP contribution is 2.36. The zero-order chi connectivity index (χ0) is 19.5. The third kappa shape index (κ3) is 7.89. The van der Waals surface area contributed by atoms with E-state index in [2.05, 4.69) is 10.8 Å². The van der Waals surface area contributed by atoms with E-state index in [0.717, 1.165) is 57.1 Å². The number of ether oxygens (including phenoxy) is 1. The molecule has 0 unspecified atom stereocenters. The topological polar surface area (TPSA) is 79.9 Å². The molecule has 1 saturated carbocycles. The molecule has 1 heterocycles. The maximum atomic E-state index is 11.1. The summed E-state index contributed by atoms with van der Waals surface area (Å²) in [5.74, 6) is 1.37. The number of aryl methyl sites for hydroxylation is 1. The Morgan fingerprint density at radius 3 is 2.89 bits per heavy atom. The molecule has 2 N–H and O–H groups in total. The third-order valence-corrected chi connectivity index (χ3v) is 5.58. The summed E-state index contributed by atoms with van der Waals surface area (Å²) in [4.78, 5) is 11.1. The van der Waals surface area contributed by atoms with Gasteiger partial charge >= 0.3 is 5.97 Å². The summed E-state index contributed by atoms with van der Waals surface area (Å²) >= 11 is 0. The van der Waals surface area contributed by atoms with Crippen molar-refractivity contribution >= 4 is 5.97 Å². The van der Waals surface area contributed by atoms with Gasteiger partial charge in [-0.05, 0) is 56.1 Å². The van der Waals surface area contributed by atoms with Crippen molar-refractivity contribution in [1.82, 2.24) is 0 Å². The summed E-state index contributed by atoms with van der Waals surface area (Å²) in [5.41, 5.74) is 0. The van der Waals surface area contributed by atoms with Crippen molar-refractivity contribution in [3.05, 3.63) is 36.3 Å². The number of hydrogen-bond donors (Lipinski definition) is 2. The molecule has 0 radical (unpaired) electrons. The summed E-state index contributed by atoms with van der Waals surface area (Å²) in [5, 5.41) is 20.5. The molecular formula is C22H34O5. The first kappa shape index (κ1) is 21.7. The van der Waals surface area contributed by atoms with Crippen LogP contribution >= 0.6 is 0 Å². The molecule has 1 aromatic rings. The van der Waals surface area contributed by atoms with Crippen LogP contribution in [0.2, 0.25) is 0 Å². The number of rotatable bonds is 12. The lowest BCUT2D eigenvalue weighted by molar-refractivity contribution is -0.140. The van der Waals surface area contributed by atoms with Gasteiger partial charge in [0, 0.05) is 12.8 Å². The molecule has 0 aromatic carbocycles. The average molecular weight is 379 g/mol. The van der Waals surface area contributed by atoms with Crippen LogP contribution in [0.3, 0.4) is 0 Å². The van der Waals surface area contributed by atoms with E-state index in [-0.39, 0.29) is 18.0 Å². The number of unbranched alkanes of at least 4 members (excludes halogenated alkanes) is 3. The molecule has 1 fully saturated rings. The van der Waals surface area contributed by atoms with Crippen LogP contribution in [0.4, 0.5) is 0 Å². The quantitative estimate of drug-likeness (QED) is 0.326. The Balaban J connectivity index is 1.66. The van der Waals surface area contributed by atoms with Crippen molar-refractivity contribution < 1.29 is 24.2 Å². The van der Waals surface area contributed by atoms with Gasteiger partial charge in [0.2, 0.25) is 0 Å². The molecule has 1 aliphatic rings. The summed E-state index contributed by atoms with van der Waals surface area (Å²) in [7, 11) is 1.42. The molecule has 0 spiro atoms. The van der Waals surface area contributed by atoms with Gasteiger partial charge in [0.25, 0.3) is 0 Å². The lowest BCUT2D eigenvalue weighted by atomic mass is 9.88. The standard InChI is InChI=1S/C22H34O5/c1-26-22(25)9-5-3-2-4-8-20-17(11-15-21(20)24)10-12-18(23)13-14-19-7-6-16-27-19/h6-7,10,12,16-18,20-21,23-24H,2-5,8-9,11,13-15H2,1H3/b12-10+/t17-,18+,20+,21-/m0/s1. The summed E-state index contributed by atoms with van der Waals surface area (Å²) in [6.45, 7) is 0. The number of carbonyl (C=O) groups is 1. The van der Waals surface area contributed by atoms with E-state index in [1.54, 1.807) is 6.26 Å². The first-order chi connectivity index (χ1) is 13.1. The second-order valence-electron chi connectivity index (χ2n) is 7.57. The Bertz CT molecular complexity index is 551. The number of hydrogen-bond acceptors (Lipinski definition) is 5. The molecule has 0 amide bonds. The number of aliphatic hydroxyl groups excluding tert-OH is 2. The summed E-state index contributed by atoms with van der Waals surface area (Å²) in [6.07, 6.45) is 13.6. The van der Waals surface area contributed by atoms with Gasteiger partial charge in [0.1, 0.15) is 5.76 Å². The number of furan rings is 1. The Hall–Kier alpha value is -1.59. The molecular weight excluding hydrogens is 344 g/mol. The lowest BCUT2D eigenvalue weighted by Gasteiger charge is -2.20. The molecule has 0 saturated heterocycles. The van der Waals surface area contributed by atoms with Crippen LogP contribution in [0.15, 0.2) is 35.0 Å². The predicted molar refractivity (Wildman–Crippen MR) is 104 cm³/mol. The minimum absolute atomic E-state index is 0.142. The van der Waals surface area contributed by atoms with Crippen molar-refractivity contribution in [2.75, 3.05) is 7.11 Å². The Morgan fingerprint density at radius 2 is 2.15 bits per heavy atom. The maximum absolute atomic E-state index is 11.1. The fourth-order valence-corrected chi connectivity index (χ4v) is 3.94. The van der Waals surface area contributed by atoms with E-state index in [0.29, 0.717) is 18.8 Å². The van der Waals surface area contributed by atoms with Crippen LogP contribution in [-0.2, 0) is 16.0 Å². The zero-order valence-corrected chi connectivity index (χ0v) is 16.4. The van der Waals surface area contributed by atoms with Crippen LogP contribution in [0.1, 0.15) is 63.5 Å². The fourth-order valence-electron chi connectivity index (χ4n) is 3.94. The van der Waals surface area contributed by atoms with E-state index >= 15 is 0 Å². The van der Waals surface area contributed by atoms with Gasteiger partial charge in [0.05, 0.1) is 25.6 Å². The lowest BCUT2D eigenvalue weighted by Crippen LogP contribution is -2.18. The first-order valence-corrected chi connectivity index (χ1v) is 10.2. The van der Waals surface area contributed by atoms with Crippen LogP contribution in [0, 0.1) is 11.8 Å². The highest BCUT2D eigenvalue weighted by molar-refractivity contribution is 5.68. The highest BCUT2D eigenvalue weighted by atomic mass is 16.5. The number of allylic oxidation sites excluding steroid dienone is 1. The Kier molecular flexibility index (Phi) is 9.64. The van der Waals surface area contributed by atoms with Crippen molar-refractivity contribution in [3.63, 3.8) is 0 Å². The van der Waals surface area contributed by atoms with Crippen LogP contribution in [0.5, 0.6) is 0 Å². The van der Waals surface area contributed by atoms with Crippen molar-refractivity contribution in [1.29, 1.82) is 0 Å². The normalized spacial score (nSPS) is 23.7. The summed E-state index contributed by atoms with van der Waals surface area (Å²) < 4.78 is 9.94. The van der Waals surface area contributed by atoms with Crippen LogP contribution in [0.25, 0.3) is 0 Å². The number of carbonyl (C=O) groups excluding carboxylic acids is 1. The number of methoxy groups -OCH3 is 1. The molecule has 1 aromatic heterocycles. The predicted octanol–water partition coefficient (Wildman–Crippen LogP) is 4.03. The molecule has 27 heavy (non-hydrogen) atoms.